The van der Waals surface area contributed by atoms with Crippen molar-refractivity contribution >= 4 is 27.9 Å². The molecule has 0 bridgehead atoms. The zero-order chi connectivity index (χ0) is 13.4. The third-order valence-corrected chi connectivity index (χ3v) is 3.87. The Kier molecular flexibility index (Phi) is 3.21. The van der Waals surface area contributed by atoms with E-state index in [1.54, 1.807) is 11.3 Å². The summed E-state index contributed by atoms with van der Waals surface area (Å²) in [6.45, 7) is 4.10. The van der Waals surface area contributed by atoms with Crippen LogP contribution < -0.4 is 4.74 Å². The smallest absolute Gasteiger partial charge is 0.243 e. The molecule has 0 atom stereocenters. The van der Waals surface area contributed by atoms with Crippen LogP contribution in [0.2, 0.25) is 0 Å². The van der Waals surface area contributed by atoms with Crippen molar-refractivity contribution in [2.45, 2.75) is 19.7 Å². The fourth-order valence-electron chi connectivity index (χ4n) is 2.12. The number of thiazole rings is 1. The number of aromatic nitrogens is 2. The van der Waals surface area contributed by atoms with Crippen molar-refractivity contribution in [1.82, 2.24) is 9.38 Å². The van der Waals surface area contributed by atoms with E-state index in [2.05, 4.69) is 11.1 Å². The van der Waals surface area contributed by atoms with Crippen molar-refractivity contribution in [3.05, 3.63) is 46.6 Å². The number of ether oxygens (including phenoxy) is 1. The third kappa shape index (κ3) is 2.33. The van der Waals surface area contributed by atoms with Crippen LogP contribution in [0.5, 0.6) is 11.6 Å². The molecule has 2 aromatic heterocycles. The number of hydrogen-bond donors (Lipinski definition) is 0. The van der Waals surface area contributed by atoms with Crippen LogP contribution in [0.1, 0.15) is 16.8 Å². The van der Waals surface area contributed by atoms with Gasteiger partial charge in [-0.1, -0.05) is 6.07 Å². The molecule has 5 heteroatoms. The van der Waals surface area contributed by atoms with Gasteiger partial charge in [0.25, 0.3) is 0 Å². The molecule has 0 radical (unpaired) electrons. The minimum atomic E-state index is 0.373. The lowest BCUT2D eigenvalue weighted by Crippen LogP contribution is -1.92. The summed E-state index contributed by atoms with van der Waals surface area (Å²) in [7, 11) is 0. The highest BCUT2D eigenvalue weighted by Gasteiger charge is 2.14. The number of rotatable bonds is 3. The van der Waals surface area contributed by atoms with E-state index in [0.29, 0.717) is 11.8 Å². The van der Waals surface area contributed by atoms with Gasteiger partial charge in [0.05, 0.1) is 5.88 Å². The quantitative estimate of drug-likeness (QED) is 0.662. The highest BCUT2D eigenvalue weighted by molar-refractivity contribution is 7.15. The standard InChI is InChI=1S/C14H13ClN2OS/c1-9-5-10(2)7-11(6-9)18-13-12(8-15)17-3-4-19-14(17)16-13/h3-7H,8H2,1-2H3. The molecular formula is C14H13ClN2OS. The van der Waals surface area contributed by atoms with E-state index in [1.807, 2.05) is 42.0 Å². The molecule has 0 aliphatic carbocycles. The molecule has 98 valence electrons. The van der Waals surface area contributed by atoms with Gasteiger partial charge in [-0.25, -0.2) is 0 Å². The minimum Gasteiger partial charge on any atom is -0.437 e. The first kappa shape index (κ1) is 12.5. The number of benzene rings is 1. The lowest BCUT2D eigenvalue weighted by molar-refractivity contribution is 0.461. The Labute approximate surface area is 120 Å². The molecule has 0 saturated heterocycles. The molecule has 2 heterocycles. The van der Waals surface area contributed by atoms with E-state index < -0.39 is 0 Å². The van der Waals surface area contributed by atoms with Crippen LogP contribution in [-0.2, 0) is 5.88 Å². The molecule has 0 aliphatic rings. The molecule has 3 nitrogen and oxygen atoms in total. The van der Waals surface area contributed by atoms with Gasteiger partial charge >= 0.3 is 0 Å². The predicted octanol–water partition coefficient (Wildman–Crippen LogP) is 4.54. The van der Waals surface area contributed by atoms with Gasteiger partial charge in [0.15, 0.2) is 4.96 Å². The van der Waals surface area contributed by atoms with Crippen molar-refractivity contribution in [2.24, 2.45) is 0 Å². The zero-order valence-electron chi connectivity index (χ0n) is 10.7. The molecule has 0 N–H and O–H groups in total. The number of hydrogen-bond acceptors (Lipinski definition) is 3. The highest BCUT2D eigenvalue weighted by Crippen LogP contribution is 2.29. The van der Waals surface area contributed by atoms with Crippen LogP contribution in [0.15, 0.2) is 29.8 Å². The van der Waals surface area contributed by atoms with Crippen molar-refractivity contribution in [3.63, 3.8) is 0 Å². The maximum atomic E-state index is 6.00. The van der Waals surface area contributed by atoms with Gasteiger partial charge in [0.1, 0.15) is 11.4 Å². The van der Waals surface area contributed by atoms with Gasteiger partial charge in [-0.05, 0) is 37.1 Å². The summed E-state index contributed by atoms with van der Waals surface area (Å²) >= 11 is 7.57. The number of alkyl halides is 1. The Morgan fingerprint density at radius 2 is 2.00 bits per heavy atom. The molecule has 0 aliphatic heterocycles. The van der Waals surface area contributed by atoms with Crippen molar-refractivity contribution in [1.29, 1.82) is 0 Å². The summed E-state index contributed by atoms with van der Waals surface area (Å²) in [6, 6.07) is 6.11. The lowest BCUT2D eigenvalue weighted by atomic mass is 10.1. The Bertz CT molecular complexity index is 712. The summed E-state index contributed by atoms with van der Waals surface area (Å²) in [5, 5.41) is 1.99. The second kappa shape index (κ2) is 4.87. The third-order valence-electron chi connectivity index (χ3n) is 2.86. The van der Waals surface area contributed by atoms with Crippen LogP contribution in [-0.4, -0.2) is 9.38 Å². The summed E-state index contributed by atoms with van der Waals surface area (Å²) < 4.78 is 7.86. The second-order valence-electron chi connectivity index (χ2n) is 4.48. The number of fused-ring (bicyclic) bond motifs is 1. The van der Waals surface area contributed by atoms with Crippen LogP contribution in [0.25, 0.3) is 4.96 Å². The molecule has 0 saturated carbocycles. The lowest BCUT2D eigenvalue weighted by Gasteiger charge is -2.06. The van der Waals surface area contributed by atoms with Gasteiger partial charge in [0, 0.05) is 11.6 Å². The number of imidazole rings is 1. The number of nitrogens with zero attached hydrogens (tertiary/aromatic N) is 2. The fraction of sp³-hybridized carbons (Fsp3) is 0.214. The van der Waals surface area contributed by atoms with E-state index in [4.69, 9.17) is 16.3 Å². The average molecular weight is 293 g/mol. The van der Waals surface area contributed by atoms with Crippen LogP contribution in [0.3, 0.4) is 0 Å². The van der Waals surface area contributed by atoms with Gasteiger partial charge in [-0.2, -0.15) is 4.98 Å². The summed E-state index contributed by atoms with van der Waals surface area (Å²) in [6.07, 6.45) is 1.96. The molecular weight excluding hydrogens is 280 g/mol. The summed E-state index contributed by atoms with van der Waals surface area (Å²) in [5.74, 6) is 1.76. The van der Waals surface area contributed by atoms with Gasteiger partial charge in [-0.15, -0.1) is 22.9 Å². The molecule has 19 heavy (non-hydrogen) atoms. The minimum absolute atomic E-state index is 0.373. The van der Waals surface area contributed by atoms with E-state index >= 15 is 0 Å². The SMILES string of the molecule is Cc1cc(C)cc(Oc2nc3sccn3c2CCl)c1. The monoisotopic (exact) mass is 292 g/mol. The highest BCUT2D eigenvalue weighted by atomic mass is 35.5. The van der Waals surface area contributed by atoms with Gasteiger partial charge < -0.3 is 4.74 Å². The number of aryl methyl sites for hydroxylation is 2. The van der Waals surface area contributed by atoms with Crippen LogP contribution in [0, 0.1) is 13.8 Å². The van der Waals surface area contributed by atoms with Crippen molar-refractivity contribution < 1.29 is 4.74 Å². The first-order valence-electron chi connectivity index (χ1n) is 5.94. The molecule has 3 rings (SSSR count). The van der Waals surface area contributed by atoms with E-state index in [0.717, 1.165) is 16.4 Å². The second-order valence-corrected chi connectivity index (χ2v) is 5.62. The van der Waals surface area contributed by atoms with E-state index in [9.17, 15) is 0 Å². The normalized spacial score (nSPS) is 11.1. The largest absolute Gasteiger partial charge is 0.437 e. The first-order valence-corrected chi connectivity index (χ1v) is 7.35. The van der Waals surface area contributed by atoms with Crippen LogP contribution in [0.4, 0.5) is 0 Å². The van der Waals surface area contributed by atoms with E-state index in [1.165, 1.54) is 11.1 Å². The molecule has 0 unspecified atom stereocenters. The molecule has 1 aromatic carbocycles. The summed E-state index contributed by atoms with van der Waals surface area (Å²) in [5.41, 5.74) is 3.23. The molecule has 3 aromatic rings. The Hall–Kier alpha value is -1.52. The maximum absolute atomic E-state index is 6.00. The first-order chi connectivity index (χ1) is 9.17. The summed E-state index contributed by atoms with van der Waals surface area (Å²) in [4.78, 5) is 5.37. The molecule has 0 amide bonds. The van der Waals surface area contributed by atoms with Crippen molar-refractivity contribution in [3.8, 4) is 11.6 Å². The Morgan fingerprint density at radius 3 is 2.68 bits per heavy atom. The average Bonchev–Trinajstić information content (AvgIpc) is 2.87. The zero-order valence-corrected chi connectivity index (χ0v) is 12.3. The van der Waals surface area contributed by atoms with Gasteiger partial charge in [-0.3, -0.25) is 4.40 Å². The fourth-order valence-corrected chi connectivity index (χ4v) is 3.09. The Morgan fingerprint density at radius 1 is 1.26 bits per heavy atom. The van der Waals surface area contributed by atoms with Crippen molar-refractivity contribution in [2.75, 3.05) is 0 Å². The van der Waals surface area contributed by atoms with Gasteiger partial charge in [0.2, 0.25) is 5.88 Å². The maximum Gasteiger partial charge on any atom is 0.243 e. The topological polar surface area (TPSA) is 26.5 Å². The predicted molar refractivity (Wildman–Crippen MR) is 78.6 cm³/mol. The Balaban J connectivity index is 2.02. The number of halogens is 1. The molecule has 0 spiro atoms. The van der Waals surface area contributed by atoms with Crippen LogP contribution >= 0.6 is 22.9 Å². The van der Waals surface area contributed by atoms with E-state index in [-0.39, 0.29) is 0 Å². The molecule has 0 fully saturated rings.